The lowest BCUT2D eigenvalue weighted by Gasteiger charge is -2.34. The summed E-state index contributed by atoms with van der Waals surface area (Å²) < 4.78 is 5.14. The molecule has 1 heterocycles. The lowest BCUT2D eigenvalue weighted by Crippen LogP contribution is -2.48. The van der Waals surface area contributed by atoms with E-state index in [1.807, 2.05) is 24.3 Å². The number of thiocarbonyl (C=S) groups is 1. The van der Waals surface area contributed by atoms with Crippen LogP contribution in [0.15, 0.2) is 24.3 Å². The summed E-state index contributed by atoms with van der Waals surface area (Å²) in [5, 5.41) is 7.12. The van der Waals surface area contributed by atoms with E-state index in [2.05, 4.69) is 27.4 Å². The number of benzene rings is 1. The van der Waals surface area contributed by atoms with Crippen LogP contribution in [0.1, 0.15) is 6.92 Å². The fraction of sp³-hybridized carbons (Fsp3) is 0.562. The van der Waals surface area contributed by atoms with Gasteiger partial charge in [-0.25, -0.2) is 0 Å². The maximum atomic E-state index is 5.32. The van der Waals surface area contributed by atoms with Gasteiger partial charge in [0.25, 0.3) is 0 Å². The number of piperazine rings is 1. The minimum Gasteiger partial charge on any atom is -0.497 e. The highest BCUT2D eigenvalue weighted by Crippen LogP contribution is 2.14. The molecule has 22 heavy (non-hydrogen) atoms. The molecule has 0 amide bonds. The first-order valence-electron chi connectivity index (χ1n) is 7.85. The van der Waals surface area contributed by atoms with Gasteiger partial charge in [0.15, 0.2) is 5.11 Å². The first-order chi connectivity index (χ1) is 10.7. The van der Waals surface area contributed by atoms with E-state index in [9.17, 15) is 0 Å². The summed E-state index contributed by atoms with van der Waals surface area (Å²) in [7, 11) is 1.66. The fourth-order valence-electron chi connectivity index (χ4n) is 2.51. The second kappa shape index (κ2) is 8.92. The first kappa shape index (κ1) is 17.0. The van der Waals surface area contributed by atoms with Crippen molar-refractivity contribution in [3.05, 3.63) is 24.3 Å². The van der Waals surface area contributed by atoms with E-state index in [1.54, 1.807) is 7.11 Å². The molecular weight excluding hydrogens is 296 g/mol. The van der Waals surface area contributed by atoms with Gasteiger partial charge in [-0.2, -0.15) is 0 Å². The molecule has 2 N–H and O–H groups in total. The van der Waals surface area contributed by atoms with Crippen LogP contribution in [0, 0.1) is 0 Å². The minimum atomic E-state index is 0.664. The lowest BCUT2D eigenvalue weighted by molar-refractivity contribution is 0.139. The molecule has 0 unspecified atom stereocenters. The van der Waals surface area contributed by atoms with Crippen molar-refractivity contribution in [2.24, 2.45) is 0 Å². The molecule has 0 spiro atoms. The summed E-state index contributed by atoms with van der Waals surface area (Å²) in [4.78, 5) is 4.97. The van der Waals surface area contributed by atoms with Crippen LogP contribution in [0.5, 0.6) is 5.75 Å². The molecule has 0 aromatic heterocycles. The number of anilines is 1. The van der Waals surface area contributed by atoms with Gasteiger partial charge in [0.05, 0.1) is 7.11 Å². The number of hydrogen-bond acceptors (Lipinski definition) is 4. The van der Waals surface area contributed by atoms with E-state index in [1.165, 1.54) is 13.1 Å². The van der Waals surface area contributed by atoms with Crippen molar-refractivity contribution < 1.29 is 4.74 Å². The standard InChI is InChI=1S/C16H26N4OS/c1-3-19-10-12-20(13-11-19)9-8-17-16(22)18-14-4-6-15(21-2)7-5-14/h4-7H,3,8-13H2,1-2H3,(H2,17,18,22). The quantitative estimate of drug-likeness (QED) is 0.776. The molecule has 1 saturated heterocycles. The molecule has 0 bridgehead atoms. The molecule has 1 aliphatic rings. The van der Waals surface area contributed by atoms with Gasteiger partial charge in [0.2, 0.25) is 0 Å². The summed E-state index contributed by atoms with van der Waals surface area (Å²) in [5.41, 5.74) is 0.967. The van der Waals surface area contributed by atoms with Crippen LogP contribution >= 0.6 is 12.2 Å². The van der Waals surface area contributed by atoms with Crippen LogP contribution in [0.2, 0.25) is 0 Å². The maximum Gasteiger partial charge on any atom is 0.170 e. The molecule has 0 aliphatic carbocycles. The topological polar surface area (TPSA) is 39.8 Å². The van der Waals surface area contributed by atoms with Gasteiger partial charge in [-0.3, -0.25) is 4.90 Å². The Morgan fingerprint density at radius 1 is 1.14 bits per heavy atom. The highest BCUT2D eigenvalue weighted by Gasteiger charge is 2.14. The molecule has 6 heteroatoms. The molecule has 122 valence electrons. The van der Waals surface area contributed by atoms with E-state index in [0.29, 0.717) is 5.11 Å². The third-order valence-electron chi connectivity index (χ3n) is 3.97. The average Bonchev–Trinajstić information content (AvgIpc) is 2.56. The summed E-state index contributed by atoms with van der Waals surface area (Å²) in [6.45, 7) is 9.91. The predicted molar refractivity (Wildman–Crippen MR) is 95.8 cm³/mol. The Bertz CT molecular complexity index is 458. The smallest absolute Gasteiger partial charge is 0.170 e. The van der Waals surface area contributed by atoms with Crippen molar-refractivity contribution in [2.75, 3.05) is 58.2 Å². The van der Waals surface area contributed by atoms with Crippen LogP contribution in [0.4, 0.5) is 5.69 Å². The number of rotatable bonds is 6. The van der Waals surface area contributed by atoms with Crippen molar-refractivity contribution in [1.29, 1.82) is 0 Å². The summed E-state index contributed by atoms with van der Waals surface area (Å²) in [5.74, 6) is 0.843. The van der Waals surface area contributed by atoms with E-state index >= 15 is 0 Å². The summed E-state index contributed by atoms with van der Waals surface area (Å²) >= 11 is 5.32. The number of methoxy groups -OCH3 is 1. The largest absolute Gasteiger partial charge is 0.497 e. The van der Waals surface area contributed by atoms with Crippen LogP contribution in [-0.2, 0) is 0 Å². The Morgan fingerprint density at radius 2 is 1.77 bits per heavy atom. The minimum absolute atomic E-state index is 0.664. The monoisotopic (exact) mass is 322 g/mol. The molecule has 1 aromatic rings. The molecule has 1 aromatic carbocycles. The van der Waals surface area contributed by atoms with Crippen molar-refractivity contribution in [1.82, 2.24) is 15.1 Å². The SMILES string of the molecule is CCN1CCN(CCNC(=S)Nc2ccc(OC)cc2)CC1. The highest BCUT2D eigenvalue weighted by molar-refractivity contribution is 7.80. The van der Waals surface area contributed by atoms with E-state index in [0.717, 1.165) is 44.2 Å². The Morgan fingerprint density at radius 3 is 2.36 bits per heavy atom. The van der Waals surface area contributed by atoms with Gasteiger partial charge in [-0.1, -0.05) is 6.92 Å². The number of likely N-dealkylation sites (N-methyl/N-ethyl adjacent to an activating group) is 1. The maximum absolute atomic E-state index is 5.32. The fourth-order valence-corrected chi connectivity index (χ4v) is 2.73. The Labute approximate surface area is 138 Å². The number of ether oxygens (including phenoxy) is 1. The van der Waals surface area contributed by atoms with Crippen molar-refractivity contribution in [3.8, 4) is 5.75 Å². The van der Waals surface area contributed by atoms with Crippen molar-refractivity contribution in [3.63, 3.8) is 0 Å². The normalized spacial score (nSPS) is 16.3. The first-order valence-corrected chi connectivity index (χ1v) is 8.25. The predicted octanol–water partition coefficient (Wildman–Crippen LogP) is 1.62. The zero-order chi connectivity index (χ0) is 15.8. The third-order valence-corrected chi connectivity index (χ3v) is 4.22. The van der Waals surface area contributed by atoms with E-state index < -0.39 is 0 Å². The van der Waals surface area contributed by atoms with Gasteiger partial charge >= 0.3 is 0 Å². The summed E-state index contributed by atoms with van der Waals surface area (Å²) in [6.07, 6.45) is 0. The zero-order valence-corrected chi connectivity index (χ0v) is 14.3. The molecule has 0 saturated carbocycles. The Kier molecular flexibility index (Phi) is 6.89. The Balaban J connectivity index is 1.63. The van der Waals surface area contributed by atoms with Crippen LogP contribution < -0.4 is 15.4 Å². The van der Waals surface area contributed by atoms with Crippen molar-refractivity contribution >= 4 is 23.0 Å². The van der Waals surface area contributed by atoms with Gasteiger partial charge in [0.1, 0.15) is 5.75 Å². The van der Waals surface area contributed by atoms with Crippen LogP contribution in [-0.4, -0.2) is 67.8 Å². The third kappa shape index (κ3) is 5.44. The zero-order valence-electron chi connectivity index (χ0n) is 13.5. The second-order valence-electron chi connectivity index (χ2n) is 5.39. The van der Waals surface area contributed by atoms with Gasteiger partial charge in [0, 0.05) is 45.0 Å². The van der Waals surface area contributed by atoms with E-state index in [4.69, 9.17) is 17.0 Å². The lowest BCUT2D eigenvalue weighted by atomic mass is 10.3. The van der Waals surface area contributed by atoms with Crippen LogP contribution in [0.25, 0.3) is 0 Å². The number of nitrogens with zero attached hydrogens (tertiary/aromatic N) is 2. The van der Waals surface area contributed by atoms with Crippen LogP contribution in [0.3, 0.4) is 0 Å². The van der Waals surface area contributed by atoms with Gasteiger partial charge in [-0.05, 0) is 43.0 Å². The molecule has 1 fully saturated rings. The Hall–Kier alpha value is -1.37. The molecule has 0 radical (unpaired) electrons. The van der Waals surface area contributed by atoms with Crippen molar-refractivity contribution in [2.45, 2.75) is 6.92 Å². The second-order valence-corrected chi connectivity index (χ2v) is 5.79. The molecule has 2 rings (SSSR count). The molecule has 1 aliphatic heterocycles. The summed E-state index contributed by atoms with van der Waals surface area (Å²) in [6, 6.07) is 7.74. The van der Waals surface area contributed by atoms with Gasteiger partial charge in [-0.15, -0.1) is 0 Å². The van der Waals surface area contributed by atoms with E-state index in [-0.39, 0.29) is 0 Å². The van der Waals surface area contributed by atoms with Gasteiger partial charge < -0.3 is 20.3 Å². The molecule has 5 nitrogen and oxygen atoms in total. The number of nitrogens with one attached hydrogen (secondary N) is 2. The molecule has 0 atom stereocenters. The number of hydrogen-bond donors (Lipinski definition) is 2. The average molecular weight is 322 g/mol. The molecular formula is C16H26N4OS. The highest BCUT2D eigenvalue weighted by atomic mass is 32.1.